The Labute approximate surface area is 214 Å². The Morgan fingerprint density at radius 2 is 1.60 bits per heavy atom. The molecule has 1 N–H and O–H groups in total. The maximum atomic E-state index is 13.4. The normalized spacial score (nSPS) is 16.1. The third kappa shape index (κ3) is 7.02. The highest BCUT2D eigenvalue weighted by Crippen LogP contribution is 2.20. The highest BCUT2D eigenvalue weighted by molar-refractivity contribution is 7.10. The lowest BCUT2D eigenvalue weighted by atomic mass is 10.0. The van der Waals surface area contributed by atoms with E-state index in [0.29, 0.717) is 32.5 Å². The molecule has 0 radical (unpaired) electrons. The summed E-state index contributed by atoms with van der Waals surface area (Å²) in [7, 11) is 0. The van der Waals surface area contributed by atoms with E-state index in [2.05, 4.69) is 29.6 Å². The van der Waals surface area contributed by atoms with E-state index in [0.717, 1.165) is 16.9 Å². The number of benzene rings is 1. The zero-order valence-corrected chi connectivity index (χ0v) is 21.6. The molecule has 1 atom stereocenters. The van der Waals surface area contributed by atoms with E-state index in [-0.39, 0.29) is 30.7 Å². The fraction of sp³-hybridized carbons (Fsp3) is 0.370. The van der Waals surface area contributed by atoms with Gasteiger partial charge in [-0.3, -0.25) is 14.4 Å². The molecule has 0 aliphatic carbocycles. The van der Waals surface area contributed by atoms with Crippen molar-refractivity contribution in [2.24, 2.45) is 0 Å². The van der Waals surface area contributed by atoms with Gasteiger partial charge in [-0.05, 0) is 54.6 Å². The fourth-order valence-corrected chi connectivity index (χ4v) is 5.65. The molecule has 3 heterocycles. The van der Waals surface area contributed by atoms with Crippen molar-refractivity contribution in [1.29, 1.82) is 0 Å². The van der Waals surface area contributed by atoms with E-state index in [1.165, 1.54) is 10.4 Å². The lowest BCUT2D eigenvalue weighted by molar-refractivity contribution is -0.157. The van der Waals surface area contributed by atoms with E-state index >= 15 is 0 Å². The van der Waals surface area contributed by atoms with Gasteiger partial charge in [0.2, 0.25) is 17.7 Å². The van der Waals surface area contributed by atoms with Gasteiger partial charge in [-0.25, -0.2) is 0 Å². The van der Waals surface area contributed by atoms with E-state index in [4.69, 9.17) is 0 Å². The minimum Gasteiger partial charge on any atom is -0.356 e. The number of nitrogens with zero attached hydrogens (tertiary/aromatic N) is 2. The van der Waals surface area contributed by atoms with Gasteiger partial charge in [0, 0.05) is 29.4 Å². The molecule has 0 spiro atoms. The number of carbonyl (C=O) groups is 3. The van der Waals surface area contributed by atoms with Crippen LogP contribution in [0.4, 0.5) is 0 Å². The molecule has 0 saturated carbocycles. The molecule has 1 aromatic carbocycles. The van der Waals surface area contributed by atoms with E-state index in [1.807, 2.05) is 41.9 Å². The molecule has 6 nitrogen and oxygen atoms in total. The number of hydrogen-bond acceptors (Lipinski definition) is 5. The van der Waals surface area contributed by atoms with Crippen molar-refractivity contribution in [3.8, 4) is 0 Å². The number of carbonyl (C=O) groups excluding carboxylic acids is 3. The van der Waals surface area contributed by atoms with Crippen LogP contribution in [-0.4, -0.2) is 59.7 Å². The Morgan fingerprint density at radius 1 is 0.943 bits per heavy atom. The lowest BCUT2D eigenvalue weighted by Crippen LogP contribution is -2.61. The molecule has 2 aromatic heterocycles. The van der Waals surface area contributed by atoms with Gasteiger partial charge in [-0.2, -0.15) is 0 Å². The van der Waals surface area contributed by atoms with Crippen LogP contribution in [0.3, 0.4) is 0 Å². The number of rotatable bonds is 11. The smallest absolute Gasteiger partial charge is 0.246 e. The Bertz CT molecular complexity index is 1110. The van der Waals surface area contributed by atoms with Crippen LogP contribution in [0.15, 0.2) is 59.3 Å². The summed E-state index contributed by atoms with van der Waals surface area (Å²) in [4.78, 5) is 44.9. The maximum absolute atomic E-state index is 13.4. The van der Waals surface area contributed by atoms with Crippen LogP contribution in [0.2, 0.25) is 0 Å². The van der Waals surface area contributed by atoms with Gasteiger partial charge in [0.25, 0.3) is 0 Å². The minimum absolute atomic E-state index is 0.0155. The van der Waals surface area contributed by atoms with Gasteiger partial charge in [0.15, 0.2) is 0 Å². The van der Waals surface area contributed by atoms with Crippen LogP contribution >= 0.6 is 22.7 Å². The second-order valence-corrected chi connectivity index (χ2v) is 10.9. The van der Waals surface area contributed by atoms with Crippen LogP contribution in [0, 0.1) is 6.92 Å². The molecule has 4 rings (SSSR count). The van der Waals surface area contributed by atoms with E-state index < -0.39 is 6.04 Å². The second kappa shape index (κ2) is 12.1. The third-order valence-corrected chi connectivity index (χ3v) is 8.11. The summed E-state index contributed by atoms with van der Waals surface area (Å²) in [5, 5.41) is 6.96. The van der Waals surface area contributed by atoms with Gasteiger partial charge in [0.1, 0.15) is 6.04 Å². The van der Waals surface area contributed by atoms with Gasteiger partial charge < -0.3 is 15.1 Å². The lowest BCUT2D eigenvalue weighted by Gasteiger charge is -2.40. The first-order chi connectivity index (χ1) is 17.0. The quantitative estimate of drug-likeness (QED) is 0.429. The standard InChI is InChI=1S/C27H31N3O3S2/c1-20-6-8-21(9-7-20)10-13-28-25(31)18-24-27(33)29(14-11-22-4-2-16-34-22)19-26(32)30(24)15-12-23-5-3-17-35-23/h2-9,16-17,24H,10-15,18-19H2,1H3,(H,28,31). The van der Waals surface area contributed by atoms with Crippen LogP contribution in [-0.2, 0) is 33.6 Å². The van der Waals surface area contributed by atoms with Crippen molar-refractivity contribution >= 4 is 40.4 Å². The summed E-state index contributed by atoms with van der Waals surface area (Å²) < 4.78 is 0. The monoisotopic (exact) mass is 509 g/mol. The summed E-state index contributed by atoms with van der Waals surface area (Å²) >= 11 is 3.28. The molecule has 1 saturated heterocycles. The van der Waals surface area contributed by atoms with Crippen molar-refractivity contribution in [2.45, 2.75) is 38.6 Å². The van der Waals surface area contributed by atoms with Crippen LogP contribution < -0.4 is 5.32 Å². The summed E-state index contributed by atoms with van der Waals surface area (Å²) in [6.07, 6.45) is 2.09. The van der Waals surface area contributed by atoms with Crippen molar-refractivity contribution in [3.05, 3.63) is 80.2 Å². The summed E-state index contributed by atoms with van der Waals surface area (Å²) in [5.41, 5.74) is 2.35. The zero-order valence-electron chi connectivity index (χ0n) is 19.9. The van der Waals surface area contributed by atoms with E-state index in [1.54, 1.807) is 32.5 Å². The molecule has 184 valence electrons. The van der Waals surface area contributed by atoms with Crippen molar-refractivity contribution in [3.63, 3.8) is 0 Å². The highest BCUT2D eigenvalue weighted by atomic mass is 32.1. The van der Waals surface area contributed by atoms with Gasteiger partial charge >= 0.3 is 0 Å². The number of aryl methyl sites for hydroxylation is 1. The largest absolute Gasteiger partial charge is 0.356 e. The third-order valence-electron chi connectivity index (χ3n) is 6.24. The zero-order chi connectivity index (χ0) is 24.6. The molecule has 8 heteroatoms. The predicted octanol–water partition coefficient (Wildman–Crippen LogP) is 3.69. The second-order valence-electron chi connectivity index (χ2n) is 8.81. The minimum atomic E-state index is -0.765. The summed E-state index contributed by atoms with van der Waals surface area (Å²) in [6.45, 7) is 3.52. The Morgan fingerprint density at radius 3 is 2.23 bits per heavy atom. The van der Waals surface area contributed by atoms with E-state index in [9.17, 15) is 14.4 Å². The Hall–Kier alpha value is -2.97. The molecule has 3 aromatic rings. The maximum Gasteiger partial charge on any atom is 0.246 e. The van der Waals surface area contributed by atoms with Crippen molar-refractivity contribution in [2.75, 3.05) is 26.2 Å². The molecular formula is C27H31N3O3S2. The number of nitrogens with one attached hydrogen (secondary N) is 1. The number of hydrogen-bond donors (Lipinski definition) is 1. The average Bonchev–Trinajstić information content (AvgIpc) is 3.56. The highest BCUT2D eigenvalue weighted by Gasteiger charge is 2.40. The SMILES string of the molecule is Cc1ccc(CCNC(=O)CC2C(=O)N(CCc3cccs3)CC(=O)N2CCc2cccs2)cc1. The van der Waals surface area contributed by atoms with Gasteiger partial charge in [-0.15, -0.1) is 22.7 Å². The van der Waals surface area contributed by atoms with Crippen molar-refractivity contribution in [1.82, 2.24) is 15.1 Å². The van der Waals surface area contributed by atoms with Crippen molar-refractivity contribution < 1.29 is 14.4 Å². The Balaban J connectivity index is 1.38. The molecule has 1 fully saturated rings. The summed E-state index contributed by atoms with van der Waals surface area (Å²) in [5.74, 6) is -0.435. The topological polar surface area (TPSA) is 69.7 Å². The molecule has 3 amide bonds. The van der Waals surface area contributed by atoms with Crippen LogP contribution in [0.25, 0.3) is 0 Å². The molecule has 1 aliphatic heterocycles. The van der Waals surface area contributed by atoms with Gasteiger partial charge in [-0.1, -0.05) is 42.0 Å². The number of thiophene rings is 2. The molecule has 35 heavy (non-hydrogen) atoms. The molecule has 1 aliphatic rings. The fourth-order valence-electron chi connectivity index (χ4n) is 4.25. The predicted molar refractivity (Wildman–Crippen MR) is 141 cm³/mol. The molecular weight excluding hydrogens is 478 g/mol. The Kier molecular flexibility index (Phi) is 8.71. The van der Waals surface area contributed by atoms with Gasteiger partial charge in [0.05, 0.1) is 13.0 Å². The average molecular weight is 510 g/mol. The van der Waals surface area contributed by atoms with Crippen LogP contribution in [0.1, 0.15) is 27.3 Å². The number of piperazine rings is 1. The molecule has 1 unspecified atom stereocenters. The first-order valence-electron chi connectivity index (χ1n) is 11.9. The molecule has 0 bridgehead atoms. The van der Waals surface area contributed by atoms with Crippen LogP contribution in [0.5, 0.6) is 0 Å². The number of amides is 3. The summed E-state index contributed by atoms with van der Waals surface area (Å²) in [6, 6.07) is 15.5. The first kappa shape index (κ1) is 25.1. The first-order valence-corrected chi connectivity index (χ1v) is 13.7.